The fourth-order valence-electron chi connectivity index (χ4n) is 2.57. The van der Waals surface area contributed by atoms with E-state index in [4.69, 9.17) is 0 Å². The first kappa shape index (κ1) is 15.0. The first-order chi connectivity index (χ1) is 8.05. The zero-order valence-electron chi connectivity index (χ0n) is 11.2. The second kappa shape index (κ2) is 7.37. The molecule has 0 bridgehead atoms. The number of hydrogen-bond acceptors (Lipinski definition) is 3. The number of rotatable bonds is 7. The van der Waals surface area contributed by atoms with Crippen LogP contribution >= 0.6 is 0 Å². The summed E-state index contributed by atoms with van der Waals surface area (Å²) in [5.41, 5.74) is 0. The lowest BCUT2D eigenvalue weighted by Gasteiger charge is -2.28. The minimum absolute atomic E-state index is 0.269. The van der Waals surface area contributed by atoms with Crippen LogP contribution in [0.25, 0.3) is 0 Å². The van der Waals surface area contributed by atoms with Gasteiger partial charge in [0.2, 0.25) is 0 Å². The SMILES string of the molecule is CCS(=O)(=O)CCCNC(C)C1CCCCC1. The van der Waals surface area contributed by atoms with Crippen LogP contribution in [0.3, 0.4) is 0 Å². The van der Waals surface area contributed by atoms with Gasteiger partial charge in [0.1, 0.15) is 9.84 Å². The van der Waals surface area contributed by atoms with Gasteiger partial charge in [0, 0.05) is 11.8 Å². The van der Waals surface area contributed by atoms with Gasteiger partial charge in [-0.25, -0.2) is 8.42 Å². The Kier molecular flexibility index (Phi) is 6.49. The highest BCUT2D eigenvalue weighted by atomic mass is 32.2. The lowest BCUT2D eigenvalue weighted by Crippen LogP contribution is -2.35. The van der Waals surface area contributed by atoms with Crippen LogP contribution in [0.1, 0.15) is 52.4 Å². The summed E-state index contributed by atoms with van der Waals surface area (Å²) in [7, 11) is -2.78. The van der Waals surface area contributed by atoms with Crippen molar-refractivity contribution in [3.63, 3.8) is 0 Å². The second-order valence-corrected chi connectivity index (χ2v) is 7.70. The smallest absolute Gasteiger partial charge is 0.150 e. The molecule has 3 nitrogen and oxygen atoms in total. The largest absolute Gasteiger partial charge is 0.314 e. The van der Waals surface area contributed by atoms with Crippen LogP contribution in [0.5, 0.6) is 0 Å². The van der Waals surface area contributed by atoms with Gasteiger partial charge in [0.15, 0.2) is 0 Å². The normalized spacial score (nSPS) is 20.4. The monoisotopic (exact) mass is 261 g/mol. The van der Waals surface area contributed by atoms with Crippen molar-refractivity contribution in [3.05, 3.63) is 0 Å². The molecule has 1 fully saturated rings. The van der Waals surface area contributed by atoms with Gasteiger partial charge >= 0.3 is 0 Å². The van der Waals surface area contributed by atoms with E-state index in [1.54, 1.807) is 6.92 Å². The van der Waals surface area contributed by atoms with Crippen LogP contribution < -0.4 is 5.32 Å². The van der Waals surface area contributed by atoms with Crippen LogP contribution in [0, 0.1) is 5.92 Å². The molecule has 0 aromatic rings. The molecule has 1 aliphatic rings. The Morgan fingerprint density at radius 3 is 2.47 bits per heavy atom. The first-order valence-corrected chi connectivity index (χ1v) is 8.81. The molecule has 0 aliphatic heterocycles. The zero-order valence-corrected chi connectivity index (χ0v) is 12.1. The number of nitrogens with one attached hydrogen (secondary N) is 1. The molecule has 0 amide bonds. The van der Waals surface area contributed by atoms with Crippen LogP contribution in [-0.4, -0.2) is 32.5 Å². The topological polar surface area (TPSA) is 46.2 Å². The van der Waals surface area contributed by atoms with Crippen molar-refractivity contribution in [3.8, 4) is 0 Å². The average Bonchev–Trinajstić information content (AvgIpc) is 2.35. The molecule has 1 atom stereocenters. The van der Waals surface area contributed by atoms with E-state index in [9.17, 15) is 8.42 Å². The predicted octanol–water partition coefficient (Wildman–Crippen LogP) is 2.37. The maximum Gasteiger partial charge on any atom is 0.150 e. The molecule has 0 spiro atoms. The molecule has 17 heavy (non-hydrogen) atoms. The van der Waals surface area contributed by atoms with Crippen molar-refractivity contribution in [2.24, 2.45) is 5.92 Å². The van der Waals surface area contributed by atoms with Gasteiger partial charge < -0.3 is 5.32 Å². The van der Waals surface area contributed by atoms with E-state index < -0.39 is 9.84 Å². The highest BCUT2D eigenvalue weighted by molar-refractivity contribution is 7.91. The summed E-state index contributed by atoms with van der Waals surface area (Å²) in [4.78, 5) is 0. The minimum Gasteiger partial charge on any atom is -0.314 e. The third-order valence-corrected chi connectivity index (χ3v) is 5.69. The summed E-state index contributed by atoms with van der Waals surface area (Å²) in [6.45, 7) is 4.79. The van der Waals surface area contributed by atoms with Crippen molar-refractivity contribution in [1.82, 2.24) is 5.32 Å². The molecule has 1 saturated carbocycles. The van der Waals surface area contributed by atoms with E-state index >= 15 is 0 Å². The van der Waals surface area contributed by atoms with E-state index in [0.717, 1.165) is 18.9 Å². The lowest BCUT2D eigenvalue weighted by molar-refractivity contribution is 0.282. The van der Waals surface area contributed by atoms with E-state index in [0.29, 0.717) is 11.8 Å². The molecule has 102 valence electrons. The first-order valence-electron chi connectivity index (χ1n) is 6.99. The van der Waals surface area contributed by atoms with Crippen LogP contribution in [-0.2, 0) is 9.84 Å². The Labute approximate surface area is 106 Å². The van der Waals surface area contributed by atoms with E-state index in [2.05, 4.69) is 12.2 Å². The third-order valence-electron chi connectivity index (χ3n) is 3.90. The Bertz CT molecular complexity index is 295. The molecule has 0 aromatic heterocycles. The molecule has 1 unspecified atom stereocenters. The summed E-state index contributed by atoms with van der Waals surface area (Å²) in [6.07, 6.45) is 7.52. The van der Waals surface area contributed by atoms with Crippen molar-refractivity contribution >= 4 is 9.84 Å². The van der Waals surface area contributed by atoms with Crippen molar-refractivity contribution < 1.29 is 8.42 Å². The lowest BCUT2D eigenvalue weighted by atomic mass is 9.84. The molecule has 0 aromatic carbocycles. The summed E-state index contributed by atoms with van der Waals surface area (Å²) < 4.78 is 22.6. The summed E-state index contributed by atoms with van der Waals surface area (Å²) in [6, 6.07) is 0.541. The highest BCUT2D eigenvalue weighted by Crippen LogP contribution is 2.26. The van der Waals surface area contributed by atoms with Gasteiger partial charge in [-0.05, 0) is 38.6 Å². The highest BCUT2D eigenvalue weighted by Gasteiger charge is 2.19. The fraction of sp³-hybridized carbons (Fsp3) is 1.00. The Hall–Kier alpha value is -0.0900. The average molecular weight is 261 g/mol. The van der Waals surface area contributed by atoms with Gasteiger partial charge in [-0.2, -0.15) is 0 Å². The second-order valence-electron chi connectivity index (χ2n) is 5.23. The van der Waals surface area contributed by atoms with Crippen molar-refractivity contribution in [1.29, 1.82) is 0 Å². The van der Waals surface area contributed by atoms with Gasteiger partial charge in [-0.15, -0.1) is 0 Å². The number of sulfone groups is 1. The van der Waals surface area contributed by atoms with Gasteiger partial charge in [0.25, 0.3) is 0 Å². The number of hydrogen-bond donors (Lipinski definition) is 1. The molecule has 4 heteroatoms. The summed E-state index contributed by atoms with van der Waals surface area (Å²) in [5, 5.41) is 3.48. The predicted molar refractivity (Wildman–Crippen MR) is 73.0 cm³/mol. The van der Waals surface area contributed by atoms with Gasteiger partial charge in [-0.1, -0.05) is 26.2 Å². The molecule has 0 saturated heterocycles. The molecule has 1 N–H and O–H groups in total. The van der Waals surface area contributed by atoms with E-state index in [-0.39, 0.29) is 5.75 Å². The Morgan fingerprint density at radius 2 is 1.88 bits per heavy atom. The molecular weight excluding hydrogens is 234 g/mol. The Morgan fingerprint density at radius 1 is 1.24 bits per heavy atom. The van der Waals surface area contributed by atoms with Gasteiger partial charge in [0.05, 0.1) is 5.75 Å². The van der Waals surface area contributed by atoms with Crippen LogP contribution in [0.15, 0.2) is 0 Å². The zero-order chi connectivity index (χ0) is 12.7. The summed E-state index contributed by atoms with van der Waals surface area (Å²) in [5.74, 6) is 1.39. The minimum atomic E-state index is -2.78. The molecule has 1 aliphatic carbocycles. The molecule has 0 heterocycles. The van der Waals surface area contributed by atoms with Crippen LogP contribution in [0.4, 0.5) is 0 Å². The maximum absolute atomic E-state index is 11.3. The molecular formula is C13H27NO2S. The van der Waals surface area contributed by atoms with Crippen molar-refractivity contribution in [2.45, 2.75) is 58.4 Å². The van der Waals surface area contributed by atoms with Crippen LogP contribution in [0.2, 0.25) is 0 Å². The van der Waals surface area contributed by atoms with Crippen molar-refractivity contribution in [2.75, 3.05) is 18.1 Å². The van der Waals surface area contributed by atoms with E-state index in [1.165, 1.54) is 32.1 Å². The maximum atomic E-state index is 11.3. The van der Waals surface area contributed by atoms with Gasteiger partial charge in [-0.3, -0.25) is 0 Å². The quantitative estimate of drug-likeness (QED) is 0.716. The standard InChI is InChI=1S/C13H27NO2S/c1-3-17(15,16)11-7-10-14-12(2)13-8-5-4-6-9-13/h12-14H,3-11H2,1-2H3. The fourth-order valence-corrected chi connectivity index (χ4v) is 3.44. The third kappa shape index (κ3) is 5.87. The molecule has 0 radical (unpaired) electrons. The molecule has 1 rings (SSSR count). The summed E-state index contributed by atoms with van der Waals surface area (Å²) >= 11 is 0. The Balaban J connectivity index is 2.13. The van der Waals surface area contributed by atoms with E-state index in [1.807, 2.05) is 0 Å².